The number of carbonyl (C=O) groups excluding carboxylic acids is 3. The van der Waals surface area contributed by atoms with E-state index < -0.39 is 52.5 Å². The van der Waals surface area contributed by atoms with Crippen LogP contribution in [-0.2, 0) is 24.0 Å². The fourth-order valence-electron chi connectivity index (χ4n) is 7.95. The Hall–Kier alpha value is -2.02. The molecule has 4 rings (SSSR count). The van der Waals surface area contributed by atoms with Gasteiger partial charge in [-0.2, -0.15) is 0 Å². The third-order valence-corrected chi connectivity index (χ3v) is 9.88. The highest BCUT2D eigenvalue weighted by molar-refractivity contribution is 6.01. The van der Waals surface area contributed by atoms with Gasteiger partial charge in [-0.3, -0.25) is 29.6 Å². The number of esters is 1. The number of unbranched alkanes of at least 4 members (excludes halogenated alkanes) is 2. The van der Waals surface area contributed by atoms with Crippen molar-refractivity contribution < 1.29 is 49.0 Å². The Morgan fingerprint density at radius 1 is 1.16 bits per heavy atom. The summed E-state index contributed by atoms with van der Waals surface area (Å²) in [6.45, 7) is 2.67. The topological polar surface area (TPSA) is 154 Å². The summed E-state index contributed by atoms with van der Waals surface area (Å²) in [4.78, 5) is 42.7. The van der Waals surface area contributed by atoms with Crippen molar-refractivity contribution in [3.8, 4) is 0 Å². The fourth-order valence-corrected chi connectivity index (χ4v) is 7.95. The van der Waals surface area contributed by atoms with Crippen LogP contribution in [0.25, 0.3) is 0 Å². The first-order valence-electron chi connectivity index (χ1n) is 13.3. The maximum absolute atomic E-state index is 17.2. The van der Waals surface area contributed by atoms with Crippen LogP contribution >= 0.6 is 0 Å². The van der Waals surface area contributed by atoms with Crippen LogP contribution in [0, 0.1) is 22.7 Å². The molecule has 7 atom stereocenters. The summed E-state index contributed by atoms with van der Waals surface area (Å²) in [7, 11) is 0. The number of allylic oxidation sites excluding steroid dienone is 4. The van der Waals surface area contributed by atoms with Crippen LogP contribution in [0.5, 0.6) is 0 Å². The number of fused-ring (bicyclic) bond motifs is 5. The SMILES string of the molecule is C[C@]12C=CC(=O)C=C1CCC1C3CC[C@](OC(=O)CCCCCON(O)O)(C(=O)CO)[C@@]3(C)C[C@H](O)[C@@]12F. The second kappa shape index (κ2) is 10.5. The highest BCUT2D eigenvalue weighted by Crippen LogP contribution is 2.70. The predicted octanol–water partition coefficient (Wildman–Crippen LogP) is 2.77. The molecule has 10 nitrogen and oxygen atoms in total. The predicted molar refractivity (Wildman–Crippen MR) is 129 cm³/mol. The number of hydrogen-bond acceptors (Lipinski definition) is 10. The molecule has 0 amide bonds. The number of nitrogens with zero attached hydrogens (tertiary/aromatic N) is 1. The number of Topliss-reactive ketones (excluding diaryl/α,β-unsaturated/α-hetero) is 1. The summed E-state index contributed by atoms with van der Waals surface area (Å²) in [5.41, 5.74) is -5.35. The number of carbonyl (C=O) groups is 3. The molecule has 11 heteroatoms. The molecule has 0 bridgehead atoms. The Morgan fingerprint density at radius 3 is 2.58 bits per heavy atom. The molecule has 0 aromatic heterocycles. The van der Waals surface area contributed by atoms with Crippen molar-refractivity contribution in [1.82, 2.24) is 5.39 Å². The summed E-state index contributed by atoms with van der Waals surface area (Å²) in [6.07, 6.45) is 5.52. The standard InChI is InChI=1S/C27H38FNO9/c1-24-11-9-18(31)14-17(24)7-8-20-19-10-12-26(22(33)16-30,25(19,2)15-21(32)27(20,24)28)38-23(34)6-4-3-5-13-37-29(35)36/h9,11,14,19-21,30,32,35-36H,3-8,10,12-13,15-16H2,1-2H3/t19?,20?,21-,24-,25-,26-,27-/m0/s1. The molecule has 212 valence electrons. The van der Waals surface area contributed by atoms with E-state index in [0.717, 1.165) is 0 Å². The average molecular weight is 540 g/mol. The summed E-state index contributed by atoms with van der Waals surface area (Å²) in [5, 5.41) is 38.0. The lowest BCUT2D eigenvalue weighted by Gasteiger charge is -2.62. The first-order chi connectivity index (χ1) is 17.9. The van der Waals surface area contributed by atoms with Gasteiger partial charge < -0.3 is 14.9 Å². The summed E-state index contributed by atoms with van der Waals surface area (Å²) in [6, 6.07) is 0. The van der Waals surface area contributed by atoms with Gasteiger partial charge in [-0.15, -0.1) is 0 Å². The molecule has 0 spiro atoms. The molecule has 4 N–H and O–H groups in total. The maximum Gasteiger partial charge on any atom is 0.306 e. The first-order valence-corrected chi connectivity index (χ1v) is 13.3. The molecule has 0 aromatic carbocycles. The second-order valence-electron chi connectivity index (χ2n) is 11.6. The third kappa shape index (κ3) is 4.37. The Morgan fingerprint density at radius 2 is 1.89 bits per heavy atom. The Balaban J connectivity index is 1.56. The van der Waals surface area contributed by atoms with E-state index in [0.29, 0.717) is 44.1 Å². The lowest BCUT2D eigenvalue weighted by Crippen LogP contribution is -2.69. The average Bonchev–Trinajstić information content (AvgIpc) is 3.14. The van der Waals surface area contributed by atoms with Crippen LogP contribution in [0.1, 0.15) is 71.6 Å². The van der Waals surface area contributed by atoms with Crippen molar-refractivity contribution in [2.24, 2.45) is 22.7 Å². The van der Waals surface area contributed by atoms with Crippen molar-refractivity contribution >= 4 is 17.5 Å². The monoisotopic (exact) mass is 539 g/mol. The number of aliphatic hydroxyl groups excluding tert-OH is 2. The fraction of sp³-hybridized carbons (Fsp3) is 0.741. The van der Waals surface area contributed by atoms with E-state index >= 15 is 4.39 Å². The van der Waals surface area contributed by atoms with Crippen molar-refractivity contribution in [1.29, 1.82) is 0 Å². The van der Waals surface area contributed by atoms with Crippen LogP contribution in [0.4, 0.5) is 4.39 Å². The van der Waals surface area contributed by atoms with Crippen molar-refractivity contribution in [3.05, 3.63) is 23.8 Å². The second-order valence-corrected chi connectivity index (χ2v) is 11.6. The summed E-state index contributed by atoms with van der Waals surface area (Å²) in [5.74, 6) is -2.51. The number of rotatable bonds is 10. The molecule has 0 radical (unpaired) electrons. The zero-order chi connectivity index (χ0) is 27.9. The molecule has 0 saturated heterocycles. The minimum Gasteiger partial charge on any atom is -0.450 e. The zero-order valence-electron chi connectivity index (χ0n) is 21.9. The molecule has 2 unspecified atom stereocenters. The minimum absolute atomic E-state index is 0.00670. The van der Waals surface area contributed by atoms with E-state index in [1.807, 2.05) is 0 Å². The van der Waals surface area contributed by atoms with Gasteiger partial charge >= 0.3 is 5.97 Å². The van der Waals surface area contributed by atoms with Gasteiger partial charge in [-0.05, 0) is 69.9 Å². The minimum atomic E-state index is -2.07. The van der Waals surface area contributed by atoms with Crippen LogP contribution in [0.3, 0.4) is 0 Å². The molecule has 4 aliphatic rings. The number of hydrogen-bond donors (Lipinski definition) is 4. The van der Waals surface area contributed by atoms with Crippen molar-refractivity contribution in [2.75, 3.05) is 13.2 Å². The molecule has 0 heterocycles. The highest BCUT2D eigenvalue weighted by atomic mass is 19.1. The van der Waals surface area contributed by atoms with E-state index in [9.17, 15) is 24.6 Å². The molecule has 0 aromatic rings. The quantitative estimate of drug-likeness (QED) is 0.185. The van der Waals surface area contributed by atoms with Crippen LogP contribution in [0.2, 0.25) is 0 Å². The number of alkyl halides is 1. The van der Waals surface area contributed by atoms with E-state index in [1.54, 1.807) is 19.9 Å². The molecular formula is C27H38FNO9. The van der Waals surface area contributed by atoms with Crippen LogP contribution < -0.4 is 0 Å². The van der Waals surface area contributed by atoms with E-state index in [4.69, 9.17) is 15.2 Å². The molecule has 38 heavy (non-hydrogen) atoms. The maximum atomic E-state index is 17.2. The van der Waals surface area contributed by atoms with Gasteiger partial charge in [0.2, 0.25) is 5.78 Å². The highest BCUT2D eigenvalue weighted by Gasteiger charge is 2.75. The molecular weight excluding hydrogens is 501 g/mol. The van der Waals surface area contributed by atoms with E-state index in [2.05, 4.69) is 4.84 Å². The smallest absolute Gasteiger partial charge is 0.306 e. The van der Waals surface area contributed by atoms with Crippen molar-refractivity contribution in [2.45, 2.75) is 89.0 Å². The Kier molecular flexibility index (Phi) is 8.02. The normalized spacial score (nSPS) is 39.8. The van der Waals surface area contributed by atoms with Gasteiger partial charge in [-0.25, -0.2) is 4.39 Å². The van der Waals surface area contributed by atoms with Crippen LogP contribution in [0.15, 0.2) is 23.8 Å². The Labute approximate surface area is 221 Å². The largest absolute Gasteiger partial charge is 0.450 e. The summed E-state index contributed by atoms with van der Waals surface area (Å²) >= 11 is 0. The Bertz CT molecular complexity index is 1030. The lowest BCUT2D eigenvalue weighted by molar-refractivity contribution is -0.492. The van der Waals surface area contributed by atoms with Gasteiger partial charge in [0.05, 0.1) is 18.1 Å². The number of aliphatic hydroxyl groups is 2. The number of ether oxygens (including phenoxy) is 1. The molecule has 0 aliphatic heterocycles. The van der Waals surface area contributed by atoms with Gasteiger partial charge in [0.1, 0.15) is 6.61 Å². The van der Waals surface area contributed by atoms with Crippen molar-refractivity contribution in [3.63, 3.8) is 0 Å². The zero-order valence-corrected chi connectivity index (χ0v) is 21.9. The summed E-state index contributed by atoms with van der Waals surface area (Å²) < 4.78 is 23.1. The third-order valence-electron chi connectivity index (χ3n) is 9.88. The van der Waals surface area contributed by atoms with Gasteiger partial charge in [0, 0.05) is 23.2 Å². The van der Waals surface area contributed by atoms with Crippen LogP contribution in [-0.4, -0.2) is 74.1 Å². The van der Waals surface area contributed by atoms with E-state index in [-0.39, 0.29) is 43.0 Å². The molecule has 4 aliphatic carbocycles. The van der Waals surface area contributed by atoms with Gasteiger partial charge in [0.15, 0.2) is 17.1 Å². The first kappa shape index (κ1) is 29.0. The van der Waals surface area contributed by atoms with Gasteiger partial charge in [-0.1, -0.05) is 25.0 Å². The molecule has 3 fully saturated rings. The van der Waals surface area contributed by atoms with Gasteiger partial charge in [0.25, 0.3) is 0 Å². The number of halogens is 1. The molecule has 3 saturated carbocycles. The lowest BCUT2D eigenvalue weighted by atomic mass is 9.44. The van der Waals surface area contributed by atoms with E-state index in [1.165, 1.54) is 12.2 Å². The number of ketones is 2.